The number of fused-ring (bicyclic) bond motifs is 4. The first-order valence-electron chi connectivity index (χ1n) is 10.8. The molecule has 1 saturated carbocycles. The molecule has 2 fully saturated rings. The molecule has 2 aromatic rings. The zero-order chi connectivity index (χ0) is 20.2. The minimum atomic E-state index is -0.00635. The van der Waals surface area contributed by atoms with Crippen molar-refractivity contribution in [2.75, 3.05) is 5.32 Å². The average molecular weight is 392 g/mol. The fourth-order valence-corrected chi connectivity index (χ4v) is 4.70. The number of amides is 1. The highest BCUT2D eigenvalue weighted by Gasteiger charge is 2.45. The van der Waals surface area contributed by atoms with Crippen LogP contribution < -0.4 is 5.32 Å². The van der Waals surface area contributed by atoms with E-state index in [4.69, 9.17) is 9.97 Å². The van der Waals surface area contributed by atoms with Gasteiger partial charge in [0, 0.05) is 48.4 Å². The van der Waals surface area contributed by atoms with Crippen molar-refractivity contribution in [2.24, 2.45) is 5.41 Å². The Hall–Kier alpha value is -2.50. The van der Waals surface area contributed by atoms with Crippen molar-refractivity contribution in [2.45, 2.75) is 77.4 Å². The van der Waals surface area contributed by atoms with Gasteiger partial charge in [0.1, 0.15) is 5.82 Å². The summed E-state index contributed by atoms with van der Waals surface area (Å²) in [6.45, 7) is 6.40. The molecular formula is C23H29N5O. The van der Waals surface area contributed by atoms with Gasteiger partial charge in [-0.3, -0.25) is 9.78 Å². The van der Waals surface area contributed by atoms with Crippen LogP contribution in [0.1, 0.15) is 70.2 Å². The Balaban J connectivity index is 1.55. The van der Waals surface area contributed by atoms with Gasteiger partial charge in [-0.05, 0) is 43.2 Å². The molecule has 5 rings (SSSR count). The summed E-state index contributed by atoms with van der Waals surface area (Å²) in [4.78, 5) is 29.3. The lowest BCUT2D eigenvalue weighted by atomic mass is 9.89. The Labute approximate surface area is 172 Å². The molecule has 0 aromatic carbocycles. The van der Waals surface area contributed by atoms with Crippen molar-refractivity contribution in [1.82, 2.24) is 19.9 Å². The number of hydrogen-bond acceptors (Lipinski definition) is 5. The number of carbonyl (C=O) groups is 1. The summed E-state index contributed by atoms with van der Waals surface area (Å²) in [6.07, 6.45) is 9.38. The third-order valence-electron chi connectivity index (χ3n) is 6.12. The van der Waals surface area contributed by atoms with E-state index in [1.165, 1.54) is 12.8 Å². The topological polar surface area (TPSA) is 71.0 Å². The summed E-state index contributed by atoms with van der Waals surface area (Å²) in [7, 11) is 0. The number of aromatic nitrogens is 3. The van der Waals surface area contributed by atoms with Crippen LogP contribution in [0.25, 0.3) is 11.4 Å². The van der Waals surface area contributed by atoms with E-state index in [1.54, 1.807) is 12.4 Å². The summed E-state index contributed by atoms with van der Waals surface area (Å²) in [6, 6.07) is 4.78. The Morgan fingerprint density at radius 1 is 1.14 bits per heavy atom. The minimum absolute atomic E-state index is 0.00635. The van der Waals surface area contributed by atoms with Gasteiger partial charge in [-0.2, -0.15) is 0 Å². The van der Waals surface area contributed by atoms with Gasteiger partial charge < -0.3 is 10.2 Å². The standard InChI is InChI=1S/C23H29N5O/c1-23(2,3)13-19(29)28-16-6-7-18(28)20-17(12-16)26-21(14-8-10-24-11-9-14)27-22(20)25-15-4-5-15/h8-11,15-16,18H,4-7,12-13H2,1-3H3,(H,25,26,27)/t16-,18-/m1/s1. The molecule has 4 heterocycles. The molecule has 2 atom stereocenters. The van der Waals surface area contributed by atoms with Crippen LogP contribution in [0.15, 0.2) is 24.5 Å². The van der Waals surface area contributed by atoms with E-state index in [0.29, 0.717) is 12.5 Å². The lowest BCUT2D eigenvalue weighted by Crippen LogP contribution is -2.43. The number of nitrogens with one attached hydrogen (secondary N) is 1. The molecule has 1 aliphatic carbocycles. The molecule has 0 radical (unpaired) electrons. The van der Waals surface area contributed by atoms with Gasteiger partial charge in [0.15, 0.2) is 5.82 Å². The summed E-state index contributed by atoms with van der Waals surface area (Å²) < 4.78 is 0. The molecule has 2 bridgehead atoms. The molecule has 0 unspecified atom stereocenters. The summed E-state index contributed by atoms with van der Waals surface area (Å²) >= 11 is 0. The monoisotopic (exact) mass is 391 g/mol. The molecule has 152 valence electrons. The third-order valence-corrected chi connectivity index (χ3v) is 6.12. The quantitative estimate of drug-likeness (QED) is 0.848. The predicted molar refractivity (Wildman–Crippen MR) is 112 cm³/mol. The van der Waals surface area contributed by atoms with Gasteiger partial charge in [-0.1, -0.05) is 20.8 Å². The van der Waals surface area contributed by atoms with Crippen molar-refractivity contribution in [3.8, 4) is 11.4 Å². The largest absolute Gasteiger partial charge is 0.367 e. The van der Waals surface area contributed by atoms with Crippen molar-refractivity contribution >= 4 is 11.7 Å². The van der Waals surface area contributed by atoms with Crippen LogP contribution in [0.3, 0.4) is 0 Å². The zero-order valence-electron chi connectivity index (χ0n) is 17.5. The molecule has 1 saturated heterocycles. The maximum absolute atomic E-state index is 13.2. The van der Waals surface area contributed by atoms with Gasteiger partial charge in [0.05, 0.1) is 11.7 Å². The molecule has 2 aromatic heterocycles. The van der Waals surface area contributed by atoms with E-state index >= 15 is 0 Å². The molecule has 0 spiro atoms. The third kappa shape index (κ3) is 3.61. The zero-order valence-corrected chi connectivity index (χ0v) is 17.5. The fourth-order valence-electron chi connectivity index (χ4n) is 4.70. The summed E-state index contributed by atoms with van der Waals surface area (Å²) in [5, 5.41) is 3.64. The number of anilines is 1. The Kier molecular flexibility index (Phi) is 4.33. The second-order valence-corrected chi connectivity index (χ2v) is 9.90. The normalized spacial score (nSPS) is 23.1. The Morgan fingerprint density at radius 3 is 2.59 bits per heavy atom. The summed E-state index contributed by atoms with van der Waals surface area (Å²) in [5.41, 5.74) is 3.25. The van der Waals surface area contributed by atoms with Crippen LogP contribution in [0.2, 0.25) is 0 Å². The molecule has 6 nitrogen and oxygen atoms in total. The second-order valence-electron chi connectivity index (χ2n) is 9.90. The van der Waals surface area contributed by atoms with Crippen LogP contribution in [0.4, 0.5) is 5.82 Å². The van der Waals surface area contributed by atoms with Crippen LogP contribution in [-0.2, 0) is 11.2 Å². The van der Waals surface area contributed by atoms with Gasteiger partial charge in [0.25, 0.3) is 0 Å². The van der Waals surface area contributed by atoms with Gasteiger partial charge in [-0.25, -0.2) is 9.97 Å². The van der Waals surface area contributed by atoms with E-state index in [1.807, 2.05) is 12.1 Å². The number of hydrogen-bond donors (Lipinski definition) is 1. The van der Waals surface area contributed by atoms with Gasteiger partial charge in [0.2, 0.25) is 5.91 Å². The number of pyridine rings is 1. The Morgan fingerprint density at radius 2 is 1.90 bits per heavy atom. The average Bonchev–Trinajstić information content (AvgIpc) is 3.42. The van der Waals surface area contributed by atoms with E-state index in [-0.39, 0.29) is 23.4 Å². The second kappa shape index (κ2) is 6.78. The highest BCUT2D eigenvalue weighted by molar-refractivity contribution is 5.79. The van der Waals surface area contributed by atoms with Crippen LogP contribution >= 0.6 is 0 Å². The van der Waals surface area contributed by atoms with Crippen molar-refractivity contribution in [3.63, 3.8) is 0 Å². The van der Waals surface area contributed by atoms with E-state index < -0.39 is 0 Å². The predicted octanol–water partition coefficient (Wildman–Crippen LogP) is 4.14. The number of nitrogens with zero attached hydrogens (tertiary/aromatic N) is 4. The molecule has 2 aliphatic heterocycles. The number of carbonyl (C=O) groups excluding carboxylic acids is 1. The maximum Gasteiger partial charge on any atom is 0.223 e. The molecule has 29 heavy (non-hydrogen) atoms. The Bertz CT molecular complexity index is 932. The first kappa shape index (κ1) is 18.5. The molecule has 3 aliphatic rings. The molecule has 1 amide bonds. The lowest BCUT2D eigenvalue weighted by molar-refractivity contribution is -0.136. The fraction of sp³-hybridized carbons (Fsp3) is 0.565. The highest BCUT2D eigenvalue weighted by atomic mass is 16.2. The van der Waals surface area contributed by atoms with E-state index in [0.717, 1.165) is 47.7 Å². The van der Waals surface area contributed by atoms with Crippen LogP contribution in [-0.4, -0.2) is 37.8 Å². The van der Waals surface area contributed by atoms with Gasteiger partial charge in [-0.15, -0.1) is 0 Å². The smallest absolute Gasteiger partial charge is 0.223 e. The first-order chi connectivity index (χ1) is 13.9. The van der Waals surface area contributed by atoms with Crippen LogP contribution in [0.5, 0.6) is 0 Å². The highest BCUT2D eigenvalue weighted by Crippen LogP contribution is 2.47. The van der Waals surface area contributed by atoms with Crippen molar-refractivity contribution in [1.29, 1.82) is 0 Å². The SMILES string of the molecule is CC(C)(C)CC(=O)N1[C@@H]2CC[C@@H]1c1c(nc(-c3ccncc3)nc1NC1CC1)C2. The first-order valence-corrected chi connectivity index (χ1v) is 10.8. The maximum atomic E-state index is 13.2. The van der Waals surface area contributed by atoms with Crippen molar-refractivity contribution < 1.29 is 4.79 Å². The van der Waals surface area contributed by atoms with E-state index in [2.05, 4.69) is 36.0 Å². The molecule has 1 N–H and O–H groups in total. The molecular weight excluding hydrogens is 362 g/mol. The van der Waals surface area contributed by atoms with Gasteiger partial charge >= 0.3 is 0 Å². The lowest BCUT2D eigenvalue weighted by Gasteiger charge is -2.38. The molecule has 6 heteroatoms. The minimum Gasteiger partial charge on any atom is -0.367 e. The van der Waals surface area contributed by atoms with E-state index in [9.17, 15) is 4.79 Å². The van der Waals surface area contributed by atoms with Crippen molar-refractivity contribution in [3.05, 3.63) is 35.8 Å². The summed E-state index contributed by atoms with van der Waals surface area (Å²) in [5.74, 6) is 1.96. The van der Waals surface area contributed by atoms with Crippen LogP contribution in [0, 0.1) is 5.41 Å². The number of rotatable bonds is 4.